The Morgan fingerprint density at radius 2 is 1.68 bits per heavy atom. The molecule has 1 atom stereocenters. The number of aryl methyl sites for hydroxylation is 1. The summed E-state index contributed by atoms with van der Waals surface area (Å²) >= 11 is 6.07. The molecular formula is C14H11ClF3N. The zero-order valence-corrected chi connectivity index (χ0v) is 10.8. The Kier molecular flexibility index (Phi) is 3.83. The highest BCUT2D eigenvalue weighted by Crippen LogP contribution is 2.31. The van der Waals surface area contributed by atoms with E-state index >= 15 is 0 Å². The Hall–Kier alpha value is -1.52. The van der Waals surface area contributed by atoms with Crippen LogP contribution in [0.15, 0.2) is 30.3 Å². The fraction of sp³-hybridized carbons (Fsp3) is 0.143. The SMILES string of the molecule is Cc1cccc(C(N)c2c(F)cc(F)cc2F)c1Cl. The molecule has 0 aromatic heterocycles. The Morgan fingerprint density at radius 3 is 2.26 bits per heavy atom. The number of hydrogen-bond donors (Lipinski definition) is 1. The van der Waals surface area contributed by atoms with Gasteiger partial charge in [-0.1, -0.05) is 29.8 Å². The van der Waals surface area contributed by atoms with E-state index in [9.17, 15) is 13.2 Å². The van der Waals surface area contributed by atoms with Crippen LogP contribution in [-0.2, 0) is 0 Å². The minimum atomic E-state index is -1.09. The van der Waals surface area contributed by atoms with Crippen molar-refractivity contribution in [2.24, 2.45) is 5.73 Å². The lowest BCUT2D eigenvalue weighted by Crippen LogP contribution is -2.16. The average Bonchev–Trinajstić information content (AvgIpc) is 2.31. The van der Waals surface area contributed by atoms with E-state index < -0.39 is 29.1 Å². The van der Waals surface area contributed by atoms with Crippen LogP contribution in [0.1, 0.15) is 22.7 Å². The van der Waals surface area contributed by atoms with Gasteiger partial charge in [0.05, 0.1) is 6.04 Å². The Balaban J connectivity index is 2.56. The Labute approximate surface area is 113 Å². The zero-order chi connectivity index (χ0) is 14.2. The summed E-state index contributed by atoms with van der Waals surface area (Å²) in [4.78, 5) is 0. The van der Waals surface area contributed by atoms with Crippen molar-refractivity contribution in [2.75, 3.05) is 0 Å². The second-order valence-electron chi connectivity index (χ2n) is 4.24. The third kappa shape index (κ3) is 2.60. The molecule has 0 aliphatic carbocycles. The van der Waals surface area contributed by atoms with E-state index in [1.54, 1.807) is 25.1 Å². The summed E-state index contributed by atoms with van der Waals surface area (Å²) in [5, 5.41) is 0.345. The van der Waals surface area contributed by atoms with Crippen LogP contribution >= 0.6 is 11.6 Å². The third-order valence-electron chi connectivity index (χ3n) is 2.91. The molecular weight excluding hydrogens is 275 g/mol. The smallest absolute Gasteiger partial charge is 0.134 e. The van der Waals surface area contributed by atoms with Crippen LogP contribution in [0.4, 0.5) is 13.2 Å². The maximum absolute atomic E-state index is 13.7. The second kappa shape index (κ2) is 5.23. The van der Waals surface area contributed by atoms with E-state index in [1.165, 1.54) is 0 Å². The highest BCUT2D eigenvalue weighted by Gasteiger charge is 2.22. The lowest BCUT2D eigenvalue weighted by atomic mass is 9.97. The van der Waals surface area contributed by atoms with Crippen molar-refractivity contribution in [1.82, 2.24) is 0 Å². The number of hydrogen-bond acceptors (Lipinski definition) is 1. The van der Waals surface area contributed by atoms with Gasteiger partial charge < -0.3 is 5.73 Å². The van der Waals surface area contributed by atoms with Gasteiger partial charge in [-0.15, -0.1) is 0 Å². The molecule has 2 rings (SSSR count). The minimum Gasteiger partial charge on any atom is -0.320 e. The molecule has 0 spiro atoms. The van der Waals surface area contributed by atoms with Crippen molar-refractivity contribution in [3.63, 3.8) is 0 Å². The van der Waals surface area contributed by atoms with Crippen molar-refractivity contribution in [3.8, 4) is 0 Å². The van der Waals surface area contributed by atoms with Gasteiger partial charge in [0.2, 0.25) is 0 Å². The monoisotopic (exact) mass is 285 g/mol. The number of halogens is 4. The fourth-order valence-corrected chi connectivity index (χ4v) is 2.16. The molecule has 2 N–H and O–H groups in total. The van der Waals surface area contributed by atoms with Crippen LogP contribution in [0.3, 0.4) is 0 Å². The molecule has 0 aliphatic heterocycles. The molecule has 1 unspecified atom stereocenters. The quantitative estimate of drug-likeness (QED) is 0.883. The molecule has 0 radical (unpaired) electrons. The maximum Gasteiger partial charge on any atom is 0.134 e. The van der Waals surface area contributed by atoms with Gasteiger partial charge in [-0.3, -0.25) is 0 Å². The van der Waals surface area contributed by atoms with Gasteiger partial charge in [0.15, 0.2) is 0 Å². The highest BCUT2D eigenvalue weighted by atomic mass is 35.5. The van der Waals surface area contributed by atoms with E-state index in [0.717, 1.165) is 5.56 Å². The van der Waals surface area contributed by atoms with E-state index in [-0.39, 0.29) is 0 Å². The highest BCUT2D eigenvalue weighted by molar-refractivity contribution is 6.32. The zero-order valence-electron chi connectivity index (χ0n) is 10.1. The second-order valence-corrected chi connectivity index (χ2v) is 4.62. The average molecular weight is 286 g/mol. The summed E-state index contributed by atoms with van der Waals surface area (Å²) in [6, 6.07) is 5.14. The minimum absolute atomic E-state index is 0.345. The molecule has 0 saturated heterocycles. The molecule has 0 aliphatic rings. The van der Waals surface area contributed by atoms with Gasteiger partial charge in [0, 0.05) is 22.7 Å². The van der Waals surface area contributed by atoms with Gasteiger partial charge in [-0.2, -0.15) is 0 Å². The summed E-state index contributed by atoms with van der Waals surface area (Å²) in [6.07, 6.45) is 0. The fourth-order valence-electron chi connectivity index (χ4n) is 1.92. The first-order chi connectivity index (χ1) is 8.91. The van der Waals surface area contributed by atoms with Crippen LogP contribution in [-0.4, -0.2) is 0 Å². The van der Waals surface area contributed by atoms with Crippen molar-refractivity contribution < 1.29 is 13.2 Å². The molecule has 0 heterocycles. The van der Waals surface area contributed by atoms with Crippen molar-refractivity contribution >= 4 is 11.6 Å². The van der Waals surface area contributed by atoms with Crippen LogP contribution < -0.4 is 5.73 Å². The Bertz CT molecular complexity index is 605. The van der Waals surface area contributed by atoms with Gasteiger partial charge >= 0.3 is 0 Å². The van der Waals surface area contributed by atoms with Gasteiger partial charge in [0.25, 0.3) is 0 Å². The van der Waals surface area contributed by atoms with E-state index in [2.05, 4.69) is 0 Å². The molecule has 0 fully saturated rings. The summed E-state index contributed by atoms with van der Waals surface area (Å²) in [5.41, 5.74) is 6.60. The molecule has 1 nitrogen and oxygen atoms in total. The van der Waals surface area contributed by atoms with E-state index in [1.807, 2.05) is 0 Å². The molecule has 2 aromatic carbocycles. The third-order valence-corrected chi connectivity index (χ3v) is 3.43. The van der Waals surface area contributed by atoms with Crippen molar-refractivity contribution in [2.45, 2.75) is 13.0 Å². The summed E-state index contributed by atoms with van der Waals surface area (Å²) in [7, 11) is 0. The predicted octanol–water partition coefficient (Wildman–Crippen LogP) is 4.11. The van der Waals surface area contributed by atoms with E-state index in [0.29, 0.717) is 22.7 Å². The summed E-state index contributed by atoms with van der Waals surface area (Å²) in [5.74, 6) is -3.04. The predicted molar refractivity (Wildman–Crippen MR) is 68.5 cm³/mol. The largest absolute Gasteiger partial charge is 0.320 e. The first-order valence-electron chi connectivity index (χ1n) is 5.57. The summed E-state index contributed by atoms with van der Waals surface area (Å²) in [6.45, 7) is 1.76. The van der Waals surface area contributed by atoms with Crippen LogP contribution in [0.5, 0.6) is 0 Å². The van der Waals surface area contributed by atoms with Crippen LogP contribution in [0.2, 0.25) is 5.02 Å². The molecule has 2 aromatic rings. The Morgan fingerprint density at radius 1 is 1.11 bits per heavy atom. The molecule has 0 amide bonds. The van der Waals surface area contributed by atoms with Gasteiger partial charge in [-0.05, 0) is 18.1 Å². The van der Waals surface area contributed by atoms with Gasteiger partial charge in [-0.25, -0.2) is 13.2 Å². The first-order valence-corrected chi connectivity index (χ1v) is 5.94. The van der Waals surface area contributed by atoms with Crippen LogP contribution in [0, 0.1) is 24.4 Å². The molecule has 100 valence electrons. The maximum atomic E-state index is 13.7. The van der Waals surface area contributed by atoms with Crippen LogP contribution in [0.25, 0.3) is 0 Å². The molecule has 19 heavy (non-hydrogen) atoms. The lowest BCUT2D eigenvalue weighted by Gasteiger charge is -2.17. The topological polar surface area (TPSA) is 26.0 Å². The van der Waals surface area contributed by atoms with Crippen molar-refractivity contribution in [3.05, 3.63) is 69.5 Å². The molecule has 0 saturated carbocycles. The lowest BCUT2D eigenvalue weighted by molar-refractivity contribution is 0.515. The standard InChI is InChI=1S/C14H11ClF3N/c1-7-3-2-4-9(13(7)15)14(19)12-10(17)5-8(16)6-11(12)18/h2-6,14H,19H2,1H3. The van der Waals surface area contributed by atoms with E-state index in [4.69, 9.17) is 17.3 Å². The number of rotatable bonds is 2. The number of benzene rings is 2. The van der Waals surface area contributed by atoms with Gasteiger partial charge in [0.1, 0.15) is 17.5 Å². The van der Waals surface area contributed by atoms with Crippen molar-refractivity contribution in [1.29, 1.82) is 0 Å². The summed E-state index contributed by atoms with van der Waals surface area (Å²) < 4.78 is 40.2. The number of nitrogens with two attached hydrogens (primary N) is 1. The first kappa shape index (κ1) is 13.9. The normalized spacial score (nSPS) is 12.5. The molecule has 5 heteroatoms. The molecule has 0 bridgehead atoms.